The van der Waals surface area contributed by atoms with Crippen LogP contribution in [0.1, 0.15) is 62.5 Å². The van der Waals surface area contributed by atoms with E-state index in [1.807, 2.05) is 18.2 Å². The second-order valence-corrected chi connectivity index (χ2v) is 12.7. The third-order valence-corrected chi connectivity index (χ3v) is 9.43. The van der Waals surface area contributed by atoms with Gasteiger partial charge >= 0.3 is 0 Å². The highest BCUT2D eigenvalue weighted by atomic mass is 35.5. The van der Waals surface area contributed by atoms with Gasteiger partial charge in [0.1, 0.15) is 0 Å². The summed E-state index contributed by atoms with van der Waals surface area (Å²) in [6.45, 7) is 2.49. The van der Waals surface area contributed by atoms with Crippen LogP contribution < -0.4 is 0 Å². The third kappa shape index (κ3) is 7.50. The normalized spacial score (nSPS) is 14.6. The Balaban J connectivity index is 1.19. The summed E-state index contributed by atoms with van der Waals surface area (Å²) < 4.78 is 0. The Kier molecular flexibility index (Phi) is 9.93. The van der Waals surface area contributed by atoms with Crippen molar-refractivity contribution in [2.75, 3.05) is 13.1 Å². The molecule has 0 saturated carbocycles. The highest BCUT2D eigenvalue weighted by Gasteiger charge is 2.29. The molecule has 0 radical (unpaired) electrons. The van der Waals surface area contributed by atoms with Crippen LogP contribution in [0.5, 0.6) is 0 Å². The first kappa shape index (κ1) is 30.3. The maximum atomic E-state index is 13.9. The van der Waals surface area contributed by atoms with Crippen LogP contribution in [0.25, 0.3) is 0 Å². The van der Waals surface area contributed by atoms with Crippen molar-refractivity contribution < 1.29 is 4.79 Å². The summed E-state index contributed by atoms with van der Waals surface area (Å²) in [6, 6.07) is 44.2. The molecule has 0 N–H and O–H groups in total. The van der Waals surface area contributed by atoms with E-state index in [1.54, 1.807) is 6.07 Å². The molecule has 0 saturated heterocycles. The lowest BCUT2D eigenvalue weighted by molar-refractivity contribution is 0.0851. The monoisotopic (exact) mass is 617 g/mol. The molecule has 222 valence electrons. The van der Waals surface area contributed by atoms with Gasteiger partial charge < -0.3 is 0 Å². The van der Waals surface area contributed by atoms with Gasteiger partial charge in [0.15, 0.2) is 5.78 Å². The number of benzene rings is 5. The van der Waals surface area contributed by atoms with Gasteiger partial charge in [-0.3, -0.25) is 9.69 Å². The van der Waals surface area contributed by atoms with Gasteiger partial charge in [-0.05, 0) is 77.7 Å². The fraction of sp³-hybridized carbons (Fsp3) is 0.225. The molecule has 1 unspecified atom stereocenters. The Morgan fingerprint density at radius 3 is 2.05 bits per heavy atom. The van der Waals surface area contributed by atoms with Crippen molar-refractivity contribution >= 4 is 29.0 Å². The van der Waals surface area contributed by atoms with Crippen molar-refractivity contribution in [1.82, 2.24) is 4.90 Å². The van der Waals surface area contributed by atoms with E-state index in [9.17, 15) is 4.79 Å². The molecular weight excluding hydrogens is 581 g/mol. The molecule has 0 aliphatic heterocycles. The minimum absolute atomic E-state index is 0.0188. The first-order chi connectivity index (χ1) is 21.5. The van der Waals surface area contributed by atoms with Crippen LogP contribution in [0.2, 0.25) is 10.0 Å². The SMILES string of the molecule is O=C1c2ccc(Cc3ccc(Cl)cc3Cl)cc2CCC1CN(CCC(c1ccccc1)c1ccccc1)Cc1ccccc1. The molecule has 44 heavy (non-hydrogen) atoms. The first-order valence-corrected chi connectivity index (χ1v) is 16.2. The first-order valence-electron chi connectivity index (χ1n) is 15.5. The van der Waals surface area contributed by atoms with Gasteiger partial charge in [0.2, 0.25) is 0 Å². The highest BCUT2D eigenvalue weighted by Crippen LogP contribution is 2.32. The molecule has 0 spiro atoms. The summed E-state index contributed by atoms with van der Waals surface area (Å²) in [5.74, 6) is 0.545. The fourth-order valence-corrected chi connectivity index (χ4v) is 7.02. The molecule has 6 rings (SSSR count). The molecule has 5 aromatic carbocycles. The van der Waals surface area contributed by atoms with Gasteiger partial charge in [0.25, 0.3) is 0 Å². The van der Waals surface area contributed by atoms with E-state index in [2.05, 4.69) is 108 Å². The van der Waals surface area contributed by atoms with Gasteiger partial charge in [-0.15, -0.1) is 0 Å². The number of carbonyl (C=O) groups is 1. The summed E-state index contributed by atoms with van der Waals surface area (Å²) >= 11 is 12.5. The quantitative estimate of drug-likeness (QED) is 0.147. The standard InChI is InChI=1S/C40H37Cl2NO/c41-36-20-19-34(39(42)26-36)25-30-16-21-38-33(24-30)17-18-35(40(38)44)28-43(27-29-10-4-1-5-11-29)23-22-37(31-12-6-2-7-13-31)32-14-8-3-9-15-32/h1-16,19-21,24,26,35,37H,17-18,22-23,25,27-28H2. The van der Waals surface area contributed by atoms with E-state index in [0.717, 1.165) is 67.6 Å². The number of halogens is 2. The Morgan fingerprint density at radius 1 is 0.727 bits per heavy atom. The Labute approximate surface area is 271 Å². The molecule has 1 aliphatic carbocycles. The fourth-order valence-electron chi connectivity index (χ4n) is 6.54. The zero-order chi connectivity index (χ0) is 30.3. The third-order valence-electron chi connectivity index (χ3n) is 8.84. The maximum absolute atomic E-state index is 13.9. The largest absolute Gasteiger partial charge is 0.298 e. The van der Waals surface area contributed by atoms with Gasteiger partial charge in [-0.1, -0.05) is 138 Å². The van der Waals surface area contributed by atoms with E-state index in [1.165, 1.54) is 16.7 Å². The van der Waals surface area contributed by atoms with Crippen molar-refractivity contribution in [3.05, 3.63) is 176 Å². The number of hydrogen-bond acceptors (Lipinski definition) is 2. The summed E-state index contributed by atoms with van der Waals surface area (Å²) in [5, 5.41) is 1.31. The van der Waals surface area contributed by atoms with Crippen molar-refractivity contribution in [2.24, 2.45) is 5.92 Å². The topological polar surface area (TPSA) is 20.3 Å². The molecule has 4 heteroatoms. The van der Waals surface area contributed by atoms with Gasteiger partial charge in [-0.25, -0.2) is 0 Å². The smallest absolute Gasteiger partial charge is 0.167 e. The number of rotatable bonds is 11. The van der Waals surface area contributed by atoms with E-state index >= 15 is 0 Å². The number of carbonyl (C=O) groups excluding carboxylic acids is 1. The van der Waals surface area contributed by atoms with E-state index in [4.69, 9.17) is 23.2 Å². The average Bonchev–Trinajstić information content (AvgIpc) is 3.05. The second kappa shape index (κ2) is 14.4. The van der Waals surface area contributed by atoms with Gasteiger partial charge in [-0.2, -0.15) is 0 Å². The number of hydrogen-bond donors (Lipinski definition) is 0. The van der Waals surface area contributed by atoms with Crippen LogP contribution in [-0.4, -0.2) is 23.8 Å². The Morgan fingerprint density at radius 2 is 1.39 bits per heavy atom. The molecule has 5 aromatic rings. The van der Waals surface area contributed by atoms with Crippen molar-refractivity contribution in [3.63, 3.8) is 0 Å². The van der Waals surface area contributed by atoms with Crippen molar-refractivity contribution in [3.8, 4) is 0 Å². The molecule has 1 aliphatic rings. The highest BCUT2D eigenvalue weighted by molar-refractivity contribution is 6.35. The zero-order valence-corrected chi connectivity index (χ0v) is 26.4. The van der Waals surface area contributed by atoms with Crippen LogP contribution in [-0.2, 0) is 19.4 Å². The molecule has 1 atom stereocenters. The molecule has 0 amide bonds. The van der Waals surface area contributed by atoms with E-state index in [0.29, 0.717) is 16.0 Å². The van der Waals surface area contributed by atoms with Crippen LogP contribution in [0.4, 0.5) is 0 Å². The van der Waals surface area contributed by atoms with E-state index in [-0.39, 0.29) is 11.7 Å². The van der Waals surface area contributed by atoms with Crippen LogP contribution in [0.3, 0.4) is 0 Å². The average molecular weight is 619 g/mol. The summed E-state index contributed by atoms with van der Waals surface area (Å²) in [7, 11) is 0. The van der Waals surface area contributed by atoms with Crippen molar-refractivity contribution in [2.45, 2.75) is 38.1 Å². The molecule has 0 bridgehead atoms. The Hall–Kier alpha value is -3.69. The lowest BCUT2D eigenvalue weighted by atomic mass is 9.81. The molecule has 2 nitrogen and oxygen atoms in total. The number of aryl methyl sites for hydroxylation is 1. The summed E-state index contributed by atoms with van der Waals surface area (Å²) in [5.41, 5.74) is 8.16. The van der Waals surface area contributed by atoms with Crippen LogP contribution in [0, 0.1) is 5.92 Å². The molecule has 0 fully saturated rings. The van der Waals surface area contributed by atoms with Crippen LogP contribution in [0.15, 0.2) is 127 Å². The molecule has 0 heterocycles. The number of fused-ring (bicyclic) bond motifs is 1. The predicted molar refractivity (Wildman–Crippen MR) is 183 cm³/mol. The Bertz CT molecular complexity index is 1650. The van der Waals surface area contributed by atoms with Gasteiger partial charge in [0.05, 0.1) is 0 Å². The van der Waals surface area contributed by atoms with Gasteiger partial charge in [0, 0.05) is 40.5 Å². The molecule has 0 aromatic heterocycles. The number of Topliss-reactive ketones (excluding diaryl/α,β-unsaturated/α-hetero) is 1. The predicted octanol–water partition coefficient (Wildman–Crippen LogP) is 10.1. The maximum Gasteiger partial charge on any atom is 0.167 e. The summed E-state index contributed by atoms with van der Waals surface area (Å²) in [6.07, 6.45) is 3.47. The lowest BCUT2D eigenvalue weighted by Crippen LogP contribution is -2.36. The zero-order valence-electron chi connectivity index (χ0n) is 24.8. The van der Waals surface area contributed by atoms with Crippen LogP contribution >= 0.6 is 23.2 Å². The number of nitrogens with zero attached hydrogens (tertiary/aromatic N) is 1. The minimum Gasteiger partial charge on any atom is -0.298 e. The molecular formula is C40H37Cl2NO. The van der Waals surface area contributed by atoms with Crippen molar-refractivity contribution in [1.29, 1.82) is 0 Å². The van der Waals surface area contributed by atoms with E-state index < -0.39 is 0 Å². The number of ketones is 1. The second-order valence-electron chi connectivity index (χ2n) is 11.9. The summed E-state index contributed by atoms with van der Waals surface area (Å²) in [4.78, 5) is 16.4. The lowest BCUT2D eigenvalue weighted by Gasteiger charge is -2.31. The minimum atomic E-state index is -0.0188.